The van der Waals surface area contributed by atoms with Crippen LogP contribution in [0.2, 0.25) is 0 Å². The molecule has 0 radical (unpaired) electrons. The van der Waals surface area contributed by atoms with Crippen LogP contribution in [0.3, 0.4) is 0 Å². The first-order chi connectivity index (χ1) is 16.0. The molecule has 6 rings (SSSR count). The van der Waals surface area contributed by atoms with Crippen molar-refractivity contribution in [3.63, 3.8) is 0 Å². The second-order valence-corrected chi connectivity index (χ2v) is 8.32. The highest BCUT2D eigenvalue weighted by Crippen LogP contribution is 2.54. The first-order valence-corrected chi connectivity index (χ1v) is 10.7. The number of carbonyl (C=O) groups is 1. The van der Waals surface area contributed by atoms with E-state index in [-0.39, 0.29) is 17.5 Å². The van der Waals surface area contributed by atoms with Crippen LogP contribution in [0.4, 0.5) is 10.2 Å². The number of hydrogen-bond acceptors (Lipinski definition) is 5. The van der Waals surface area contributed by atoms with Gasteiger partial charge in [0.25, 0.3) is 11.7 Å². The Bertz CT molecular complexity index is 1540. The van der Waals surface area contributed by atoms with Gasteiger partial charge in [-0.25, -0.2) is 4.98 Å². The summed E-state index contributed by atoms with van der Waals surface area (Å²) >= 11 is 0. The molecule has 5 aromatic rings. The molecule has 8 heteroatoms. The SMILES string of the molecule is Cc1nc2nc(F)c(C3(c4ccc5ncccc5c4)CC3)n2nc1NC(=O)c1ccccc1. The lowest BCUT2D eigenvalue weighted by atomic mass is 9.91. The first kappa shape index (κ1) is 19.5. The van der Waals surface area contributed by atoms with Crippen LogP contribution in [0.25, 0.3) is 16.7 Å². The molecule has 33 heavy (non-hydrogen) atoms. The summed E-state index contributed by atoms with van der Waals surface area (Å²) in [7, 11) is 0. The molecule has 1 saturated carbocycles. The topological polar surface area (TPSA) is 85.1 Å². The fourth-order valence-electron chi connectivity index (χ4n) is 4.36. The number of nitrogens with one attached hydrogen (secondary N) is 1. The fraction of sp³-hybridized carbons (Fsp3) is 0.160. The number of aromatic nitrogens is 5. The van der Waals surface area contributed by atoms with Gasteiger partial charge in [-0.3, -0.25) is 9.78 Å². The summed E-state index contributed by atoms with van der Waals surface area (Å²) in [6.45, 7) is 1.71. The van der Waals surface area contributed by atoms with E-state index in [1.54, 1.807) is 37.4 Å². The average molecular weight is 438 g/mol. The van der Waals surface area contributed by atoms with Crippen molar-refractivity contribution in [1.29, 1.82) is 0 Å². The molecule has 0 aliphatic heterocycles. The third-order valence-electron chi connectivity index (χ3n) is 6.23. The number of fused-ring (bicyclic) bond motifs is 2. The molecule has 0 unspecified atom stereocenters. The van der Waals surface area contributed by atoms with Crippen molar-refractivity contribution in [3.8, 4) is 0 Å². The largest absolute Gasteiger partial charge is 0.304 e. The van der Waals surface area contributed by atoms with Crippen LogP contribution in [0.5, 0.6) is 0 Å². The van der Waals surface area contributed by atoms with Crippen LogP contribution < -0.4 is 5.32 Å². The van der Waals surface area contributed by atoms with Gasteiger partial charge < -0.3 is 5.32 Å². The molecule has 3 aromatic heterocycles. The van der Waals surface area contributed by atoms with Gasteiger partial charge in [-0.15, -0.1) is 5.10 Å². The zero-order valence-corrected chi connectivity index (χ0v) is 17.8. The van der Waals surface area contributed by atoms with E-state index in [2.05, 4.69) is 25.4 Å². The Morgan fingerprint density at radius 3 is 2.67 bits per heavy atom. The maximum absolute atomic E-state index is 15.2. The second kappa shape index (κ2) is 7.16. The number of pyridine rings is 1. The number of nitrogens with zero attached hydrogens (tertiary/aromatic N) is 5. The summed E-state index contributed by atoms with van der Waals surface area (Å²) in [5, 5.41) is 8.36. The molecule has 1 aliphatic carbocycles. The monoisotopic (exact) mass is 438 g/mol. The number of halogens is 1. The van der Waals surface area contributed by atoms with Crippen molar-refractivity contribution >= 4 is 28.4 Å². The van der Waals surface area contributed by atoms with Crippen LogP contribution in [-0.4, -0.2) is 30.5 Å². The zero-order chi connectivity index (χ0) is 22.6. The van der Waals surface area contributed by atoms with Crippen molar-refractivity contribution < 1.29 is 9.18 Å². The summed E-state index contributed by atoms with van der Waals surface area (Å²) in [6.07, 6.45) is 3.29. The standard InChI is InChI=1S/C25H19FN6O/c1-15-22(30-23(33)16-6-3-2-4-7-16)31-32-20(21(26)29-24(32)28-15)25(11-12-25)18-9-10-19-17(14-18)8-5-13-27-19/h2-10,13-14H,11-12H2,1H3,(H,30,31,33). The predicted molar refractivity (Wildman–Crippen MR) is 122 cm³/mol. The van der Waals surface area contributed by atoms with E-state index in [1.165, 1.54) is 4.52 Å². The van der Waals surface area contributed by atoms with E-state index < -0.39 is 11.4 Å². The predicted octanol–water partition coefficient (Wildman–Crippen LogP) is 4.45. The maximum atomic E-state index is 15.2. The number of hydrogen-bond donors (Lipinski definition) is 1. The van der Waals surface area contributed by atoms with Gasteiger partial charge in [-0.1, -0.05) is 30.3 Å². The van der Waals surface area contributed by atoms with Crippen LogP contribution in [0.1, 0.15) is 40.2 Å². The van der Waals surface area contributed by atoms with Crippen molar-refractivity contribution in [2.45, 2.75) is 25.2 Å². The Balaban J connectivity index is 1.45. The van der Waals surface area contributed by atoms with Crippen LogP contribution >= 0.6 is 0 Å². The molecule has 0 bridgehead atoms. The number of imidazole rings is 1. The van der Waals surface area contributed by atoms with Gasteiger partial charge in [-0.05, 0) is 55.7 Å². The molecule has 162 valence electrons. The van der Waals surface area contributed by atoms with Gasteiger partial charge >= 0.3 is 0 Å². The van der Waals surface area contributed by atoms with Gasteiger partial charge in [0.05, 0.1) is 11.2 Å². The Morgan fingerprint density at radius 2 is 1.88 bits per heavy atom. The number of amides is 1. The lowest BCUT2D eigenvalue weighted by molar-refractivity contribution is 0.102. The Labute approximate surface area is 188 Å². The molecule has 7 nitrogen and oxygen atoms in total. The summed E-state index contributed by atoms with van der Waals surface area (Å²) in [4.78, 5) is 25.5. The highest BCUT2D eigenvalue weighted by atomic mass is 19.1. The van der Waals surface area contributed by atoms with Gasteiger partial charge in [0.2, 0.25) is 5.95 Å². The van der Waals surface area contributed by atoms with E-state index in [4.69, 9.17) is 0 Å². The Kier molecular flexibility index (Phi) is 4.23. The zero-order valence-electron chi connectivity index (χ0n) is 17.8. The van der Waals surface area contributed by atoms with Crippen molar-refractivity contribution in [2.75, 3.05) is 5.32 Å². The van der Waals surface area contributed by atoms with Crippen LogP contribution in [-0.2, 0) is 5.41 Å². The minimum absolute atomic E-state index is 0.173. The van der Waals surface area contributed by atoms with E-state index in [0.29, 0.717) is 17.0 Å². The quantitative estimate of drug-likeness (QED) is 0.448. The molecule has 3 heterocycles. The lowest BCUT2D eigenvalue weighted by Crippen LogP contribution is -2.19. The molecule has 1 fully saturated rings. The number of aryl methyl sites for hydroxylation is 1. The molecule has 1 amide bonds. The van der Waals surface area contributed by atoms with Gasteiger partial charge in [0, 0.05) is 22.6 Å². The molecule has 2 aromatic carbocycles. The van der Waals surface area contributed by atoms with E-state index in [0.717, 1.165) is 29.3 Å². The molecule has 1 aliphatic rings. The number of rotatable bonds is 4. The molecular formula is C25H19FN6O. The maximum Gasteiger partial charge on any atom is 0.256 e. The van der Waals surface area contributed by atoms with Crippen molar-refractivity contribution in [3.05, 3.63) is 95.3 Å². The third kappa shape index (κ3) is 3.14. The van der Waals surface area contributed by atoms with E-state index in [1.807, 2.05) is 36.4 Å². The smallest absolute Gasteiger partial charge is 0.256 e. The fourth-order valence-corrected chi connectivity index (χ4v) is 4.36. The second-order valence-electron chi connectivity index (χ2n) is 8.32. The highest BCUT2D eigenvalue weighted by molar-refractivity contribution is 6.03. The average Bonchev–Trinajstić information content (AvgIpc) is 3.57. The summed E-state index contributed by atoms with van der Waals surface area (Å²) < 4.78 is 16.7. The van der Waals surface area contributed by atoms with Gasteiger partial charge in [0.15, 0.2) is 5.82 Å². The number of benzene rings is 2. The van der Waals surface area contributed by atoms with Gasteiger partial charge in [0.1, 0.15) is 5.69 Å². The minimum Gasteiger partial charge on any atom is -0.304 e. The number of carbonyl (C=O) groups excluding carboxylic acids is 1. The first-order valence-electron chi connectivity index (χ1n) is 10.7. The molecule has 0 spiro atoms. The van der Waals surface area contributed by atoms with Gasteiger partial charge in [-0.2, -0.15) is 13.9 Å². The molecule has 0 atom stereocenters. The van der Waals surface area contributed by atoms with Crippen molar-refractivity contribution in [1.82, 2.24) is 24.6 Å². The third-order valence-corrected chi connectivity index (χ3v) is 6.23. The van der Waals surface area contributed by atoms with Crippen LogP contribution in [0, 0.1) is 12.9 Å². The van der Waals surface area contributed by atoms with E-state index in [9.17, 15) is 4.79 Å². The Morgan fingerprint density at radius 1 is 1.06 bits per heavy atom. The summed E-state index contributed by atoms with van der Waals surface area (Å²) in [5.74, 6) is -0.456. The minimum atomic E-state index is -0.593. The molecular weight excluding hydrogens is 419 g/mol. The van der Waals surface area contributed by atoms with Crippen LogP contribution in [0.15, 0.2) is 66.9 Å². The normalized spacial score (nSPS) is 14.5. The Hall–Kier alpha value is -4.20. The molecule has 0 saturated heterocycles. The summed E-state index contributed by atoms with van der Waals surface area (Å²) in [5.41, 5.74) is 2.66. The molecule has 1 N–H and O–H groups in total. The highest BCUT2D eigenvalue weighted by Gasteiger charge is 2.51. The summed E-state index contributed by atoms with van der Waals surface area (Å²) in [6, 6.07) is 18.7. The lowest BCUT2D eigenvalue weighted by Gasteiger charge is -2.16. The number of anilines is 1. The van der Waals surface area contributed by atoms with Crippen molar-refractivity contribution in [2.24, 2.45) is 0 Å². The van der Waals surface area contributed by atoms with E-state index >= 15 is 4.39 Å².